The average Bonchev–Trinajstić information content (AvgIpc) is 2.86. The molecule has 1 aliphatic heterocycles. The number of hydrogen-bond donors (Lipinski definition) is 0. The van der Waals surface area contributed by atoms with Gasteiger partial charge in [-0.25, -0.2) is 0 Å². The van der Waals surface area contributed by atoms with Crippen LogP contribution < -0.4 is 0 Å². The van der Waals surface area contributed by atoms with Gasteiger partial charge in [0.2, 0.25) is 0 Å². The maximum Gasteiger partial charge on any atom is 0.162 e. The minimum absolute atomic E-state index is 0.272. The average molecular weight is 274 g/mol. The van der Waals surface area contributed by atoms with Gasteiger partial charge in [-0.1, -0.05) is 30.3 Å². The molecule has 20 heavy (non-hydrogen) atoms. The zero-order chi connectivity index (χ0) is 14.4. The van der Waals surface area contributed by atoms with E-state index in [1.807, 2.05) is 30.3 Å². The van der Waals surface area contributed by atoms with Crippen molar-refractivity contribution in [3.8, 4) is 0 Å². The molecule has 1 unspecified atom stereocenters. The van der Waals surface area contributed by atoms with Crippen LogP contribution in [0.15, 0.2) is 30.3 Å². The molecule has 3 nitrogen and oxygen atoms in total. The number of benzene rings is 1. The predicted octanol–water partition coefficient (Wildman–Crippen LogP) is 2.68. The van der Waals surface area contributed by atoms with Crippen LogP contribution in [-0.4, -0.2) is 55.4 Å². The Hall–Kier alpha value is -1.19. The number of carbonyl (C=O) groups is 1. The van der Waals surface area contributed by atoms with E-state index in [1.54, 1.807) is 0 Å². The lowest BCUT2D eigenvalue weighted by Crippen LogP contribution is -2.38. The number of likely N-dealkylation sites (tertiary alicyclic amines) is 1. The van der Waals surface area contributed by atoms with E-state index in [9.17, 15) is 4.79 Å². The quantitative estimate of drug-likeness (QED) is 0.714. The largest absolute Gasteiger partial charge is 0.308 e. The Labute approximate surface area is 122 Å². The van der Waals surface area contributed by atoms with Gasteiger partial charge in [-0.2, -0.15) is 0 Å². The first-order valence-corrected chi connectivity index (χ1v) is 7.64. The van der Waals surface area contributed by atoms with Gasteiger partial charge in [0.1, 0.15) is 0 Å². The first-order valence-electron chi connectivity index (χ1n) is 7.64. The molecule has 1 heterocycles. The number of Topliss-reactive ketones (excluding diaryl/α,β-unsaturated/α-hetero) is 1. The number of nitrogens with zero attached hydrogens (tertiary/aromatic N) is 2. The van der Waals surface area contributed by atoms with E-state index in [0.29, 0.717) is 12.5 Å². The Kier molecular flexibility index (Phi) is 5.74. The maximum atomic E-state index is 12.1. The molecule has 2 rings (SSSR count). The van der Waals surface area contributed by atoms with Crippen molar-refractivity contribution in [2.75, 3.05) is 33.7 Å². The summed E-state index contributed by atoms with van der Waals surface area (Å²) < 4.78 is 0. The van der Waals surface area contributed by atoms with Crippen molar-refractivity contribution < 1.29 is 4.79 Å². The van der Waals surface area contributed by atoms with Gasteiger partial charge in [0.25, 0.3) is 0 Å². The number of carbonyl (C=O) groups excluding carboxylic acids is 1. The van der Waals surface area contributed by atoms with Crippen molar-refractivity contribution in [2.24, 2.45) is 0 Å². The zero-order valence-electron chi connectivity index (χ0n) is 12.7. The molecule has 0 spiro atoms. The summed E-state index contributed by atoms with van der Waals surface area (Å²) in [6, 6.07) is 10.3. The topological polar surface area (TPSA) is 23.6 Å². The molecule has 1 atom stereocenters. The Morgan fingerprint density at radius 1 is 1.30 bits per heavy atom. The van der Waals surface area contributed by atoms with Crippen LogP contribution in [0.1, 0.15) is 36.0 Å². The van der Waals surface area contributed by atoms with E-state index in [2.05, 4.69) is 23.9 Å². The Morgan fingerprint density at radius 3 is 2.75 bits per heavy atom. The molecule has 1 saturated heterocycles. The molecule has 1 aromatic carbocycles. The highest BCUT2D eigenvalue weighted by atomic mass is 16.1. The lowest BCUT2D eigenvalue weighted by molar-refractivity contribution is 0.0972. The van der Waals surface area contributed by atoms with Crippen molar-refractivity contribution in [3.63, 3.8) is 0 Å². The molecule has 0 aromatic heterocycles. The highest BCUT2D eigenvalue weighted by molar-refractivity contribution is 5.95. The SMILES string of the molecule is CN(C)CC1CCCN1CCCC(=O)c1ccccc1. The minimum atomic E-state index is 0.272. The van der Waals surface area contributed by atoms with Gasteiger partial charge in [-0.15, -0.1) is 0 Å². The summed E-state index contributed by atoms with van der Waals surface area (Å²) in [4.78, 5) is 16.9. The highest BCUT2D eigenvalue weighted by Crippen LogP contribution is 2.18. The van der Waals surface area contributed by atoms with Crippen LogP contribution in [0.25, 0.3) is 0 Å². The van der Waals surface area contributed by atoms with Gasteiger partial charge in [0.05, 0.1) is 0 Å². The molecule has 0 bridgehead atoms. The zero-order valence-corrected chi connectivity index (χ0v) is 12.7. The van der Waals surface area contributed by atoms with E-state index >= 15 is 0 Å². The molecule has 3 heteroatoms. The molecule has 110 valence electrons. The number of ketones is 1. The van der Waals surface area contributed by atoms with E-state index < -0.39 is 0 Å². The number of likely N-dealkylation sites (N-methyl/N-ethyl adjacent to an activating group) is 1. The summed E-state index contributed by atoms with van der Waals surface area (Å²) in [5.41, 5.74) is 0.846. The van der Waals surface area contributed by atoms with Crippen LogP contribution in [-0.2, 0) is 0 Å². The van der Waals surface area contributed by atoms with Gasteiger partial charge >= 0.3 is 0 Å². The van der Waals surface area contributed by atoms with Crippen LogP contribution in [0.5, 0.6) is 0 Å². The molecule has 0 aliphatic carbocycles. The smallest absolute Gasteiger partial charge is 0.162 e. The van der Waals surface area contributed by atoms with Gasteiger partial charge in [0.15, 0.2) is 5.78 Å². The minimum Gasteiger partial charge on any atom is -0.308 e. The second kappa shape index (κ2) is 7.55. The Balaban J connectivity index is 1.74. The van der Waals surface area contributed by atoms with Gasteiger partial charge in [-0.05, 0) is 46.4 Å². The summed E-state index contributed by atoms with van der Waals surface area (Å²) in [5.74, 6) is 0.272. The Bertz CT molecular complexity index is 416. The third-order valence-corrected chi connectivity index (χ3v) is 4.02. The fourth-order valence-corrected chi connectivity index (χ4v) is 3.03. The van der Waals surface area contributed by atoms with Crippen molar-refractivity contribution in [3.05, 3.63) is 35.9 Å². The van der Waals surface area contributed by atoms with Crippen LogP contribution in [0.2, 0.25) is 0 Å². The van der Waals surface area contributed by atoms with Gasteiger partial charge in [0, 0.05) is 24.6 Å². The van der Waals surface area contributed by atoms with E-state index in [4.69, 9.17) is 0 Å². The number of hydrogen-bond acceptors (Lipinski definition) is 3. The van der Waals surface area contributed by atoms with Crippen LogP contribution in [0.3, 0.4) is 0 Å². The molecule has 1 aromatic rings. The molecular weight excluding hydrogens is 248 g/mol. The molecule has 0 saturated carbocycles. The van der Waals surface area contributed by atoms with Gasteiger partial charge < -0.3 is 4.90 Å². The number of rotatable bonds is 7. The summed E-state index contributed by atoms with van der Waals surface area (Å²) in [5, 5.41) is 0. The maximum absolute atomic E-state index is 12.1. The lowest BCUT2D eigenvalue weighted by Gasteiger charge is -2.26. The van der Waals surface area contributed by atoms with Crippen molar-refractivity contribution in [1.29, 1.82) is 0 Å². The molecule has 0 N–H and O–H groups in total. The molecular formula is C17H26N2O. The molecule has 0 radical (unpaired) electrons. The normalized spacial score (nSPS) is 19.6. The van der Waals surface area contributed by atoms with E-state index in [1.165, 1.54) is 19.4 Å². The third kappa shape index (κ3) is 4.43. The van der Waals surface area contributed by atoms with Crippen LogP contribution in [0, 0.1) is 0 Å². The first kappa shape index (κ1) is 15.2. The summed E-state index contributed by atoms with van der Waals surface area (Å²) in [6.07, 6.45) is 4.23. The fourth-order valence-electron chi connectivity index (χ4n) is 3.03. The predicted molar refractivity (Wildman–Crippen MR) is 83.2 cm³/mol. The second-order valence-corrected chi connectivity index (χ2v) is 5.99. The van der Waals surface area contributed by atoms with E-state index in [-0.39, 0.29) is 5.78 Å². The summed E-state index contributed by atoms with van der Waals surface area (Å²) >= 11 is 0. The lowest BCUT2D eigenvalue weighted by atomic mass is 10.1. The van der Waals surface area contributed by atoms with Gasteiger partial charge in [-0.3, -0.25) is 9.69 Å². The second-order valence-electron chi connectivity index (χ2n) is 5.99. The Morgan fingerprint density at radius 2 is 2.05 bits per heavy atom. The molecule has 1 aliphatic rings. The first-order chi connectivity index (χ1) is 9.66. The van der Waals surface area contributed by atoms with Crippen molar-refractivity contribution in [2.45, 2.75) is 31.7 Å². The van der Waals surface area contributed by atoms with Crippen LogP contribution in [0.4, 0.5) is 0 Å². The van der Waals surface area contributed by atoms with Crippen LogP contribution >= 0.6 is 0 Å². The summed E-state index contributed by atoms with van der Waals surface area (Å²) in [6.45, 7) is 3.38. The summed E-state index contributed by atoms with van der Waals surface area (Å²) in [7, 11) is 4.27. The third-order valence-electron chi connectivity index (χ3n) is 4.02. The molecule has 1 fully saturated rings. The van der Waals surface area contributed by atoms with E-state index in [0.717, 1.165) is 25.1 Å². The van der Waals surface area contributed by atoms with Crippen molar-refractivity contribution in [1.82, 2.24) is 9.80 Å². The standard InChI is InChI=1S/C17H26N2O/c1-18(2)14-16-10-6-12-19(16)13-7-11-17(20)15-8-4-3-5-9-15/h3-5,8-9,16H,6-7,10-14H2,1-2H3. The monoisotopic (exact) mass is 274 g/mol. The highest BCUT2D eigenvalue weighted by Gasteiger charge is 2.24. The molecule has 0 amide bonds. The fraction of sp³-hybridized carbons (Fsp3) is 0.588. The van der Waals surface area contributed by atoms with Crippen molar-refractivity contribution >= 4 is 5.78 Å².